The lowest BCUT2D eigenvalue weighted by Crippen LogP contribution is -2.43. The summed E-state index contributed by atoms with van der Waals surface area (Å²) >= 11 is 6.44. The molecule has 1 unspecified atom stereocenters. The first-order valence-electron chi connectivity index (χ1n) is 13.0. The number of anilines is 2. The van der Waals surface area contributed by atoms with Gasteiger partial charge in [-0.15, -0.1) is 0 Å². The summed E-state index contributed by atoms with van der Waals surface area (Å²) in [5, 5.41) is 7.97. The molecule has 1 aromatic carbocycles. The van der Waals surface area contributed by atoms with Gasteiger partial charge in [0.1, 0.15) is 10.8 Å². The number of nitrogens with zero attached hydrogens (tertiary/aromatic N) is 3. The fraction of sp³-hybridized carbons (Fsp3) is 0.630. The lowest BCUT2D eigenvalue weighted by molar-refractivity contribution is 0.0595. The average Bonchev–Trinajstić information content (AvgIpc) is 2.88. The quantitative estimate of drug-likeness (QED) is 0.464. The zero-order valence-corrected chi connectivity index (χ0v) is 22.3. The number of hydrogen-bond acceptors (Lipinski definition) is 5. The molecule has 0 amide bonds. The standard InChI is InChI=1S/C25H34ClFN4O2.C2H5F/c1-17(2)30(20-7-5-19(27)6-8-20)21-9-11-22(12-10-21)31-25(32)24(26)23(15-29-31)28-14-18-4-3-13-33-16-18;1-2-3/h5-8,15,17-18,21-22,28H,3-4,9-14,16H2,1-2H3;2H2,1H3. The van der Waals surface area contributed by atoms with Gasteiger partial charge in [0, 0.05) is 30.9 Å². The molecule has 2 heterocycles. The van der Waals surface area contributed by atoms with E-state index in [0.29, 0.717) is 23.7 Å². The summed E-state index contributed by atoms with van der Waals surface area (Å²) in [6, 6.07) is 7.40. The molecule has 1 saturated heterocycles. The van der Waals surface area contributed by atoms with Crippen LogP contribution in [0.5, 0.6) is 0 Å². The molecule has 2 fully saturated rings. The lowest BCUT2D eigenvalue weighted by atomic mass is 9.89. The highest BCUT2D eigenvalue weighted by Gasteiger charge is 2.30. The summed E-state index contributed by atoms with van der Waals surface area (Å²) < 4.78 is 30.8. The van der Waals surface area contributed by atoms with Crippen LogP contribution in [0.2, 0.25) is 5.02 Å². The second kappa shape index (κ2) is 13.9. The van der Waals surface area contributed by atoms with Crippen molar-refractivity contribution in [3.05, 3.63) is 51.7 Å². The summed E-state index contributed by atoms with van der Waals surface area (Å²) in [5.41, 5.74) is 1.40. The Morgan fingerprint density at radius 1 is 1.19 bits per heavy atom. The molecular weight excluding hydrogens is 486 g/mol. The third-order valence-electron chi connectivity index (χ3n) is 6.87. The largest absolute Gasteiger partial charge is 0.382 e. The van der Waals surface area contributed by atoms with Gasteiger partial charge in [-0.3, -0.25) is 9.18 Å². The van der Waals surface area contributed by atoms with Gasteiger partial charge >= 0.3 is 0 Å². The fourth-order valence-corrected chi connectivity index (χ4v) is 5.38. The molecule has 4 rings (SSSR count). The Kier molecular flexibility index (Phi) is 11.0. The Hall–Kier alpha value is -2.19. The molecule has 2 aromatic rings. The minimum absolute atomic E-state index is 0.0364. The van der Waals surface area contributed by atoms with Crippen LogP contribution in [-0.2, 0) is 4.74 Å². The molecular formula is C27H39ClF2N4O2. The zero-order chi connectivity index (χ0) is 26.1. The maximum Gasteiger partial charge on any atom is 0.287 e. The first-order chi connectivity index (χ1) is 17.3. The van der Waals surface area contributed by atoms with Crippen molar-refractivity contribution in [2.45, 2.75) is 77.4 Å². The Bertz CT molecular complexity index is 988. The van der Waals surface area contributed by atoms with Gasteiger partial charge in [0.05, 0.1) is 31.2 Å². The number of ether oxygens (including phenoxy) is 1. The molecule has 0 radical (unpaired) electrons. The summed E-state index contributed by atoms with van der Waals surface area (Å²) in [4.78, 5) is 15.3. The van der Waals surface area contributed by atoms with Crippen LogP contribution in [0, 0.1) is 11.7 Å². The van der Waals surface area contributed by atoms with Gasteiger partial charge in [0.25, 0.3) is 5.56 Å². The van der Waals surface area contributed by atoms with E-state index in [1.165, 1.54) is 19.1 Å². The van der Waals surface area contributed by atoms with Gasteiger partial charge in [-0.2, -0.15) is 5.10 Å². The smallest absolute Gasteiger partial charge is 0.287 e. The van der Waals surface area contributed by atoms with E-state index in [9.17, 15) is 13.6 Å². The zero-order valence-electron chi connectivity index (χ0n) is 21.6. The van der Waals surface area contributed by atoms with E-state index in [0.717, 1.165) is 64.0 Å². The number of rotatable bonds is 7. The number of halogens is 3. The van der Waals surface area contributed by atoms with Crippen molar-refractivity contribution >= 4 is 23.0 Å². The summed E-state index contributed by atoms with van der Waals surface area (Å²) in [7, 11) is 0. The van der Waals surface area contributed by atoms with E-state index >= 15 is 0 Å². The van der Waals surface area contributed by atoms with Gasteiger partial charge in [0.15, 0.2) is 0 Å². The molecule has 36 heavy (non-hydrogen) atoms. The van der Waals surface area contributed by atoms with E-state index in [2.05, 4.69) is 29.2 Å². The van der Waals surface area contributed by atoms with E-state index < -0.39 is 0 Å². The first-order valence-corrected chi connectivity index (χ1v) is 13.4. The highest BCUT2D eigenvalue weighted by atomic mass is 35.5. The number of nitrogens with one attached hydrogen (secondary N) is 1. The molecule has 6 nitrogen and oxygen atoms in total. The first kappa shape index (κ1) is 28.4. The predicted octanol–water partition coefficient (Wildman–Crippen LogP) is 6.25. The molecule has 2 aliphatic rings. The molecule has 0 bridgehead atoms. The van der Waals surface area contributed by atoms with Crippen LogP contribution in [-0.4, -0.2) is 48.3 Å². The second-order valence-electron chi connectivity index (χ2n) is 9.79. The second-order valence-corrected chi connectivity index (χ2v) is 10.2. The van der Waals surface area contributed by atoms with Crippen LogP contribution in [0.3, 0.4) is 0 Å². The molecule has 1 aliphatic carbocycles. The summed E-state index contributed by atoms with van der Waals surface area (Å²) in [6.07, 6.45) is 7.44. The molecule has 0 spiro atoms. The third-order valence-corrected chi connectivity index (χ3v) is 7.23. The Balaban J connectivity index is 0.00000115. The van der Waals surface area contributed by atoms with Crippen molar-refractivity contribution in [1.29, 1.82) is 0 Å². The van der Waals surface area contributed by atoms with Crippen LogP contribution in [0.15, 0.2) is 35.3 Å². The van der Waals surface area contributed by atoms with Crippen LogP contribution in [0.25, 0.3) is 0 Å². The van der Waals surface area contributed by atoms with E-state index in [-0.39, 0.29) is 29.1 Å². The molecule has 9 heteroatoms. The molecule has 1 N–H and O–H groups in total. The van der Waals surface area contributed by atoms with Crippen LogP contribution in [0.1, 0.15) is 65.3 Å². The SMILES string of the molecule is CC(C)N(c1ccc(F)cc1)C1CCC(n2ncc(NCC3CCCOC3)c(Cl)c2=O)CC1.CCF. The maximum atomic E-state index is 13.4. The minimum Gasteiger partial charge on any atom is -0.382 e. The van der Waals surface area contributed by atoms with Gasteiger partial charge in [0.2, 0.25) is 0 Å². The topological polar surface area (TPSA) is 59.4 Å². The van der Waals surface area contributed by atoms with Gasteiger partial charge < -0.3 is 15.0 Å². The molecule has 1 aromatic heterocycles. The van der Waals surface area contributed by atoms with E-state index in [4.69, 9.17) is 16.3 Å². The third kappa shape index (κ3) is 7.42. The average molecular weight is 525 g/mol. The van der Waals surface area contributed by atoms with Crippen molar-refractivity contribution in [2.75, 3.05) is 36.6 Å². The van der Waals surface area contributed by atoms with E-state index in [1.54, 1.807) is 10.9 Å². The number of alkyl halides is 1. The minimum atomic E-state index is -0.250. The highest BCUT2D eigenvalue weighted by Crippen LogP contribution is 2.34. The van der Waals surface area contributed by atoms with Gasteiger partial charge in [-0.1, -0.05) is 11.6 Å². The van der Waals surface area contributed by atoms with Crippen molar-refractivity contribution in [2.24, 2.45) is 5.92 Å². The normalized spacial score (nSPS) is 22.0. The van der Waals surface area contributed by atoms with Gasteiger partial charge in [-0.25, -0.2) is 9.07 Å². The van der Waals surface area contributed by atoms with Gasteiger partial charge in [-0.05, 0) is 89.5 Å². The van der Waals surface area contributed by atoms with Crippen LogP contribution < -0.4 is 15.8 Å². The Morgan fingerprint density at radius 2 is 1.86 bits per heavy atom. The fourth-order valence-electron chi connectivity index (χ4n) is 5.18. The molecule has 1 saturated carbocycles. The number of benzene rings is 1. The van der Waals surface area contributed by atoms with Crippen LogP contribution in [0.4, 0.5) is 20.2 Å². The van der Waals surface area contributed by atoms with Crippen molar-refractivity contribution < 1.29 is 13.5 Å². The molecule has 200 valence electrons. The number of hydrogen-bond donors (Lipinski definition) is 1. The molecule has 1 atom stereocenters. The van der Waals surface area contributed by atoms with Crippen molar-refractivity contribution in [3.8, 4) is 0 Å². The lowest BCUT2D eigenvalue weighted by Gasteiger charge is -2.41. The van der Waals surface area contributed by atoms with Crippen LogP contribution >= 0.6 is 11.6 Å². The summed E-state index contributed by atoms with van der Waals surface area (Å²) in [6.45, 7) is 7.82. The Labute approximate surface area is 218 Å². The van der Waals surface area contributed by atoms with E-state index in [1.807, 2.05) is 12.1 Å². The maximum absolute atomic E-state index is 13.4. The predicted molar refractivity (Wildman–Crippen MR) is 142 cm³/mol. The molecule has 1 aliphatic heterocycles. The van der Waals surface area contributed by atoms with Crippen molar-refractivity contribution in [1.82, 2.24) is 9.78 Å². The monoisotopic (exact) mass is 524 g/mol. The highest BCUT2D eigenvalue weighted by molar-refractivity contribution is 6.32. The van der Waals surface area contributed by atoms with Crippen molar-refractivity contribution in [3.63, 3.8) is 0 Å². The summed E-state index contributed by atoms with van der Waals surface area (Å²) in [5.74, 6) is 0.205. The Morgan fingerprint density at radius 3 is 2.44 bits per heavy atom. The number of aromatic nitrogens is 2.